The largest absolute Gasteiger partial charge is 0.397 e. The van der Waals surface area contributed by atoms with Crippen molar-refractivity contribution in [3.05, 3.63) is 66.4 Å². The zero-order valence-electron chi connectivity index (χ0n) is 10.7. The first-order chi connectivity index (χ1) is 9.74. The van der Waals surface area contributed by atoms with Crippen LogP contribution in [0.2, 0.25) is 0 Å². The van der Waals surface area contributed by atoms with Crippen LogP contribution in [0.25, 0.3) is 10.8 Å². The third-order valence-electron chi connectivity index (χ3n) is 3.06. The highest BCUT2D eigenvalue weighted by Gasteiger charge is 2.10. The summed E-state index contributed by atoms with van der Waals surface area (Å²) >= 11 is 0. The van der Waals surface area contributed by atoms with E-state index in [2.05, 4.69) is 10.3 Å². The summed E-state index contributed by atoms with van der Waals surface area (Å²) in [5.41, 5.74) is 6.76. The molecule has 1 aromatic heterocycles. The Hall–Kier alpha value is -2.88. The molecule has 0 fully saturated rings. The third kappa shape index (κ3) is 2.31. The molecule has 3 aromatic rings. The molecule has 0 aliphatic heterocycles. The number of benzene rings is 2. The summed E-state index contributed by atoms with van der Waals surface area (Å²) in [4.78, 5) is 16.4. The Kier molecular flexibility index (Phi) is 3.05. The number of carbonyl (C=O) groups is 1. The van der Waals surface area contributed by atoms with Gasteiger partial charge in [0, 0.05) is 5.56 Å². The molecule has 0 saturated heterocycles. The van der Waals surface area contributed by atoms with Crippen LogP contribution in [0.5, 0.6) is 0 Å². The van der Waals surface area contributed by atoms with Crippen molar-refractivity contribution in [3.63, 3.8) is 0 Å². The van der Waals surface area contributed by atoms with E-state index >= 15 is 0 Å². The molecule has 0 saturated carbocycles. The summed E-state index contributed by atoms with van der Waals surface area (Å²) in [6, 6.07) is 16.8. The lowest BCUT2D eigenvalue weighted by atomic mass is 10.0. The number of nitrogens with zero attached hydrogens (tertiary/aromatic N) is 1. The van der Waals surface area contributed by atoms with E-state index in [0.29, 0.717) is 17.1 Å². The van der Waals surface area contributed by atoms with Gasteiger partial charge in [0.05, 0.1) is 11.9 Å². The van der Waals surface area contributed by atoms with Crippen molar-refractivity contribution in [2.24, 2.45) is 0 Å². The summed E-state index contributed by atoms with van der Waals surface area (Å²) in [5, 5.41) is 4.72. The number of nitrogens with one attached hydrogen (secondary N) is 1. The fourth-order valence-electron chi connectivity index (χ4n) is 2.09. The number of carbonyl (C=O) groups excluding carboxylic acids is 1. The summed E-state index contributed by atoms with van der Waals surface area (Å²) in [6.07, 6.45) is 1.51. The summed E-state index contributed by atoms with van der Waals surface area (Å²) < 4.78 is 0. The van der Waals surface area contributed by atoms with Gasteiger partial charge in [-0.25, -0.2) is 4.98 Å². The first-order valence-electron chi connectivity index (χ1n) is 6.25. The highest BCUT2D eigenvalue weighted by molar-refractivity contribution is 6.12. The first-order valence-corrected chi connectivity index (χ1v) is 6.25. The standard InChI is InChI=1S/C16H13N3O/c17-12-8-9-15(18-10-12)19-16(20)14-7-3-5-11-4-1-2-6-13(11)14/h1-10H,17H2,(H,18,19,20). The molecule has 0 radical (unpaired) electrons. The molecule has 0 bridgehead atoms. The number of fused-ring (bicyclic) bond motifs is 1. The van der Waals surface area contributed by atoms with E-state index in [9.17, 15) is 4.79 Å². The maximum atomic E-state index is 12.3. The molecule has 0 spiro atoms. The molecule has 2 aromatic carbocycles. The zero-order chi connectivity index (χ0) is 13.9. The first kappa shape index (κ1) is 12.2. The number of rotatable bonds is 2. The van der Waals surface area contributed by atoms with Gasteiger partial charge in [-0.2, -0.15) is 0 Å². The second kappa shape index (κ2) is 5.01. The van der Waals surface area contributed by atoms with E-state index in [-0.39, 0.29) is 5.91 Å². The van der Waals surface area contributed by atoms with Gasteiger partial charge in [0.25, 0.3) is 5.91 Å². The molecule has 4 heteroatoms. The number of nitrogens with two attached hydrogens (primary N) is 1. The van der Waals surface area contributed by atoms with Crippen LogP contribution < -0.4 is 11.1 Å². The van der Waals surface area contributed by atoms with Crippen LogP contribution >= 0.6 is 0 Å². The normalized spacial score (nSPS) is 10.4. The maximum Gasteiger partial charge on any atom is 0.257 e. The van der Waals surface area contributed by atoms with Crippen LogP contribution in [-0.2, 0) is 0 Å². The molecule has 1 heterocycles. The molecule has 3 rings (SSSR count). The second-order valence-electron chi connectivity index (χ2n) is 4.46. The predicted molar refractivity (Wildman–Crippen MR) is 80.6 cm³/mol. The van der Waals surface area contributed by atoms with Crippen LogP contribution in [0.15, 0.2) is 60.8 Å². The van der Waals surface area contributed by atoms with Gasteiger partial charge in [-0.3, -0.25) is 4.79 Å². The van der Waals surface area contributed by atoms with Crippen molar-refractivity contribution < 1.29 is 4.79 Å². The van der Waals surface area contributed by atoms with E-state index in [1.165, 1.54) is 6.20 Å². The Morgan fingerprint density at radius 3 is 2.60 bits per heavy atom. The third-order valence-corrected chi connectivity index (χ3v) is 3.06. The second-order valence-corrected chi connectivity index (χ2v) is 4.46. The van der Waals surface area contributed by atoms with Crippen molar-refractivity contribution >= 4 is 28.2 Å². The number of aromatic nitrogens is 1. The zero-order valence-corrected chi connectivity index (χ0v) is 10.7. The average Bonchev–Trinajstić information content (AvgIpc) is 2.49. The quantitative estimate of drug-likeness (QED) is 0.746. The maximum absolute atomic E-state index is 12.3. The fourth-order valence-corrected chi connectivity index (χ4v) is 2.09. The highest BCUT2D eigenvalue weighted by Crippen LogP contribution is 2.19. The molecule has 3 N–H and O–H groups in total. The lowest BCUT2D eigenvalue weighted by molar-refractivity contribution is 0.102. The van der Waals surface area contributed by atoms with Crippen molar-refractivity contribution in [1.29, 1.82) is 0 Å². The van der Waals surface area contributed by atoms with E-state index in [4.69, 9.17) is 5.73 Å². The van der Waals surface area contributed by atoms with E-state index < -0.39 is 0 Å². The number of anilines is 2. The van der Waals surface area contributed by atoms with E-state index in [1.54, 1.807) is 18.2 Å². The SMILES string of the molecule is Nc1ccc(NC(=O)c2cccc3ccccc23)nc1. The van der Waals surface area contributed by atoms with Gasteiger partial charge in [-0.1, -0.05) is 36.4 Å². The molecule has 4 nitrogen and oxygen atoms in total. The summed E-state index contributed by atoms with van der Waals surface area (Å²) in [6.45, 7) is 0. The minimum Gasteiger partial charge on any atom is -0.397 e. The van der Waals surface area contributed by atoms with Crippen LogP contribution in [-0.4, -0.2) is 10.9 Å². The van der Waals surface area contributed by atoms with Crippen molar-refractivity contribution in [2.75, 3.05) is 11.1 Å². The molecular weight excluding hydrogens is 250 g/mol. The Morgan fingerprint density at radius 1 is 1.00 bits per heavy atom. The molecule has 0 unspecified atom stereocenters. The number of pyridine rings is 1. The van der Waals surface area contributed by atoms with Crippen LogP contribution in [0.1, 0.15) is 10.4 Å². The minimum absolute atomic E-state index is 0.181. The molecular formula is C16H13N3O. The fraction of sp³-hybridized carbons (Fsp3) is 0. The lowest BCUT2D eigenvalue weighted by Crippen LogP contribution is -2.13. The Bertz CT molecular complexity index is 761. The van der Waals surface area contributed by atoms with Gasteiger partial charge in [0.15, 0.2) is 0 Å². The Balaban J connectivity index is 1.94. The van der Waals surface area contributed by atoms with Crippen LogP contribution in [0, 0.1) is 0 Å². The number of hydrogen-bond acceptors (Lipinski definition) is 3. The molecule has 20 heavy (non-hydrogen) atoms. The Labute approximate surface area is 116 Å². The molecule has 0 atom stereocenters. The predicted octanol–water partition coefficient (Wildman–Crippen LogP) is 3.07. The van der Waals surface area contributed by atoms with E-state index in [1.807, 2.05) is 36.4 Å². The topological polar surface area (TPSA) is 68.0 Å². The molecule has 0 aliphatic carbocycles. The average molecular weight is 263 g/mol. The molecule has 98 valence electrons. The van der Waals surface area contributed by atoms with Crippen molar-refractivity contribution in [3.8, 4) is 0 Å². The van der Waals surface area contributed by atoms with Gasteiger partial charge in [0.2, 0.25) is 0 Å². The van der Waals surface area contributed by atoms with E-state index in [0.717, 1.165) is 10.8 Å². The molecule has 0 aliphatic rings. The molecule has 1 amide bonds. The van der Waals surface area contributed by atoms with Crippen LogP contribution in [0.3, 0.4) is 0 Å². The van der Waals surface area contributed by atoms with Gasteiger partial charge in [-0.05, 0) is 29.0 Å². The number of hydrogen-bond donors (Lipinski definition) is 2. The van der Waals surface area contributed by atoms with Crippen LogP contribution in [0.4, 0.5) is 11.5 Å². The minimum atomic E-state index is -0.181. The van der Waals surface area contributed by atoms with Gasteiger partial charge >= 0.3 is 0 Å². The van der Waals surface area contributed by atoms with Gasteiger partial charge in [-0.15, -0.1) is 0 Å². The van der Waals surface area contributed by atoms with Crippen molar-refractivity contribution in [2.45, 2.75) is 0 Å². The summed E-state index contributed by atoms with van der Waals surface area (Å²) in [7, 11) is 0. The van der Waals surface area contributed by atoms with Gasteiger partial charge < -0.3 is 11.1 Å². The highest BCUT2D eigenvalue weighted by atomic mass is 16.1. The Morgan fingerprint density at radius 2 is 1.80 bits per heavy atom. The number of nitrogen functional groups attached to an aromatic ring is 1. The monoisotopic (exact) mass is 263 g/mol. The lowest BCUT2D eigenvalue weighted by Gasteiger charge is -2.07. The van der Waals surface area contributed by atoms with Crippen molar-refractivity contribution in [1.82, 2.24) is 4.98 Å². The smallest absolute Gasteiger partial charge is 0.257 e. The van der Waals surface area contributed by atoms with Gasteiger partial charge in [0.1, 0.15) is 5.82 Å². The summed E-state index contributed by atoms with van der Waals surface area (Å²) in [5.74, 6) is 0.302. The number of amides is 1.